The number of ether oxygens (including phenoxy) is 2. The third-order valence-corrected chi connectivity index (χ3v) is 2.66. The minimum Gasteiger partial charge on any atom is -0.497 e. The maximum absolute atomic E-state index is 11.6. The van der Waals surface area contributed by atoms with Crippen molar-refractivity contribution in [1.29, 1.82) is 0 Å². The fourth-order valence-corrected chi connectivity index (χ4v) is 1.61. The van der Waals surface area contributed by atoms with Crippen molar-refractivity contribution in [3.8, 4) is 5.75 Å². The van der Waals surface area contributed by atoms with Crippen molar-refractivity contribution in [2.75, 3.05) is 27.4 Å². The number of carbonyl (C=O) groups excluding carboxylic acids is 1. The van der Waals surface area contributed by atoms with E-state index >= 15 is 0 Å². The van der Waals surface area contributed by atoms with Gasteiger partial charge in [0.15, 0.2) is 0 Å². The van der Waals surface area contributed by atoms with Crippen molar-refractivity contribution in [3.05, 3.63) is 35.9 Å². The van der Waals surface area contributed by atoms with Crippen LogP contribution in [0.15, 0.2) is 30.3 Å². The summed E-state index contributed by atoms with van der Waals surface area (Å²) < 4.78 is 9.90. The fraction of sp³-hybridized carbons (Fsp3) is 0.400. The SMILES string of the molecule is COCC(O)CCNC(=O)/C=C/c1cccc(OC)c1. The van der Waals surface area contributed by atoms with E-state index in [4.69, 9.17) is 9.47 Å². The number of methoxy groups -OCH3 is 2. The fourth-order valence-electron chi connectivity index (χ4n) is 1.61. The van der Waals surface area contributed by atoms with Crippen molar-refractivity contribution in [3.63, 3.8) is 0 Å². The smallest absolute Gasteiger partial charge is 0.244 e. The average Bonchev–Trinajstić information content (AvgIpc) is 2.45. The van der Waals surface area contributed by atoms with Crippen LogP contribution in [0.25, 0.3) is 6.08 Å². The molecule has 0 aliphatic rings. The Kier molecular flexibility index (Phi) is 7.39. The number of benzene rings is 1. The van der Waals surface area contributed by atoms with Gasteiger partial charge in [0.1, 0.15) is 5.75 Å². The second-order valence-corrected chi connectivity index (χ2v) is 4.30. The monoisotopic (exact) mass is 279 g/mol. The van der Waals surface area contributed by atoms with Gasteiger partial charge < -0.3 is 19.9 Å². The summed E-state index contributed by atoms with van der Waals surface area (Å²) >= 11 is 0. The highest BCUT2D eigenvalue weighted by Crippen LogP contribution is 2.13. The van der Waals surface area contributed by atoms with Crippen LogP contribution in [0.1, 0.15) is 12.0 Å². The van der Waals surface area contributed by atoms with Gasteiger partial charge in [0.2, 0.25) is 5.91 Å². The van der Waals surface area contributed by atoms with Crippen LogP contribution < -0.4 is 10.1 Å². The molecule has 0 aliphatic heterocycles. The van der Waals surface area contributed by atoms with E-state index < -0.39 is 6.10 Å². The van der Waals surface area contributed by atoms with Crippen molar-refractivity contribution in [2.24, 2.45) is 0 Å². The van der Waals surface area contributed by atoms with Gasteiger partial charge in [-0.1, -0.05) is 12.1 Å². The number of nitrogens with one attached hydrogen (secondary N) is 1. The van der Waals surface area contributed by atoms with Crippen molar-refractivity contribution < 1.29 is 19.4 Å². The first-order valence-electron chi connectivity index (χ1n) is 6.42. The Hall–Kier alpha value is -1.85. The molecule has 0 saturated heterocycles. The highest BCUT2D eigenvalue weighted by Gasteiger charge is 2.03. The number of carbonyl (C=O) groups is 1. The molecule has 110 valence electrons. The summed E-state index contributed by atoms with van der Waals surface area (Å²) in [6.07, 6.45) is 3.08. The molecular weight excluding hydrogens is 258 g/mol. The summed E-state index contributed by atoms with van der Waals surface area (Å²) in [5.74, 6) is 0.549. The average molecular weight is 279 g/mol. The van der Waals surface area contributed by atoms with Crippen LogP contribution in [0.5, 0.6) is 5.75 Å². The molecule has 0 aliphatic carbocycles. The molecule has 0 radical (unpaired) electrons. The lowest BCUT2D eigenvalue weighted by molar-refractivity contribution is -0.116. The topological polar surface area (TPSA) is 67.8 Å². The first-order chi connectivity index (χ1) is 9.65. The molecule has 0 heterocycles. The van der Waals surface area contributed by atoms with E-state index in [0.717, 1.165) is 11.3 Å². The molecule has 0 spiro atoms. The maximum atomic E-state index is 11.6. The van der Waals surface area contributed by atoms with E-state index in [1.807, 2.05) is 24.3 Å². The molecular formula is C15H21NO4. The Labute approximate surface area is 119 Å². The second-order valence-electron chi connectivity index (χ2n) is 4.30. The molecule has 0 aromatic heterocycles. The molecule has 1 aromatic carbocycles. The Morgan fingerprint density at radius 2 is 2.25 bits per heavy atom. The van der Waals surface area contributed by atoms with Crippen LogP contribution in [-0.2, 0) is 9.53 Å². The molecule has 1 rings (SSSR count). The first-order valence-corrected chi connectivity index (χ1v) is 6.42. The zero-order valence-electron chi connectivity index (χ0n) is 11.8. The van der Waals surface area contributed by atoms with Gasteiger partial charge in [0.25, 0.3) is 0 Å². The number of rotatable bonds is 8. The van der Waals surface area contributed by atoms with E-state index in [2.05, 4.69) is 5.32 Å². The lowest BCUT2D eigenvalue weighted by atomic mass is 10.2. The highest BCUT2D eigenvalue weighted by molar-refractivity contribution is 5.91. The molecule has 1 atom stereocenters. The van der Waals surface area contributed by atoms with Crippen molar-refractivity contribution in [2.45, 2.75) is 12.5 Å². The summed E-state index contributed by atoms with van der Waals surface area (Å²) in [7, 11) is 3.12. The van der Waals surface area contributed by atoms with Crippen LogP contribution >= 0.6 is 0 Å². The van der Waals surface area contributed by atoms with Gasteiger partial charge in [0.05, 0.1) is 19.8 Å². The highest BCUT2D eigenvalue weighted by atomic mass is 16.5. The minimum absolute atomic E-state index is 0.197. The van der Waals surface area contributed by atoms with Crippen LogP contribution in [0.3, 0.4) is 0 Å². The van der Waals surface area contributed by atoms with E-state index in [9.17, 15) is 9.90 Å². The standard InChI is InChI=1S/C15H21NO4/c1-19-11-13(17)8-9-16-15(18)7-6-12-4-3-5-14(10-12)20-2/h3-7,10,13,17H,8-9,11H2,1-2H3,(H,16,18)/b7-6+. The summed E-state index contributed by atoms with van der Waals surface area (Å²) in [5.41, 5.74) is 0.888. The maximum Gasteiger partial charge on any atom is 0.244 e. The predicted octanol–water partition coefficient (Wildman–Crippen LogP) is 1.22. The molecule has 2 N–H and O–H groups in total. The molecule has 5 nitrogen and oxygen atoms in total. The van der Waals surface area contributed by atoms with Gasteiger partial charge in [-0.15, -0.1) is 0 Å². The van der Waals surface area contributed by atoms with Gasteiger partial charge in [0, 0.05) is 19.7 Å². The van der Waals surface area contributed by atoms with E-state index in [1.54, 1.807) is 13.2 Å². The summed E-state index contributed by atoms with van der Waals surface area (Å²) in [6, 6.07) is 7.42. The van der Waals surface area contributed by atoms with Gasteiger partial charge in [-0.3, -0.25) is 4.79 Å². The van der Waals surface area contributed by atoms with Crippen molar-refractivity contribution in [1.82, 2.24) is 5.32 Å². The summed E-state index contributed by atoms with van der Waals surface area (Å²) in [4.78, 5) is 11.6. The molecule has 1 aromatic rings. The Balaban J connectivity index is 2.35. The van der Waals surface area contributed by atoms with Crippen LogP contribution in [0.4, 0.5) is 0 Å². The lowest BCUT2D eigenvalue weighted by Crippen LogP contribution is -2.27. The molecule has 0 bridgehead atoms. The third kappa shape index (κ3) is 6.36. The second kappa shape index (κ2) is 9.12. The number of amides is 1. The quantitative estimate of drug-likeness (QED) is 0.702. The Morgan fingerprint density at radius 3 is 2.95 bits per heavy atom. The molecule has 5 heteroatoms. The molecule has 0 saturated carbocycles. The third-order valence-electron chi connectivity index (χ3n) is 2.66. The number of aliphatic hydroxyl groups excluding tert-OH is 1. The van der Waals surface area contributed by atoms with Crippen LogP contribution in [0.2, 0.25) is 0 Å². The zero-order valence-corrected chi connectivity index (χ0v) is 11.8. The van der Waals surface area contributed by atoms with Gasteiger partial charge in [-0.2, -0.15) is 0 Å². The van der Waals surface area contributed by atoms with Crippen LogP contribution in [0, 0.1) is 0 Å². The van der Waals surface area contributed by atoms with E-state index in [-0.39, 0.29) is 12.5 Å². The normalized spacial score (nSPS) is 12.3. The van der Waals surface area contributed by atoms with E-state index in [0.29, 0.717) is 13.0 Å². The lowest BCUT2D eigenvalue weighted by Gasteiger charge is -2.08. The number of hydrogen-bond donors (Lipinski definition) is 2. The number of hydrogen-bond acceptors (Lipinski definition) is 4. The van der Waals surface area contributed by atoms with E-state index in [1.165, 1.54) is 13.2 Å². The van der Waals surface area contributed by atoms with Gasteiger partial charge >= 0.3 is 0 Å². The molecule has 0 fully saturated rings. The van der Waals surface area contributed by atoms with Gasteiger partial charge in [-0.05, 0) is 30.2 Å². The Bertz CT molecular complexity index is 445. The van der Waals surface area contributed by atoms with Crippen molar-refractivity contribution >= 4 is 12.0 Å². The first kappa shape index (κ1) is 16.2. The Morgan fingerprint density at radius 1 is 1.45 bits per heavy atom. The largest absolute Gasteiger partial charge is 0.497 e. The number of aliphatic hydroxyl groups is 1. The molecule has 20 heavy (non-hydrogen) atoms. The molecule has 1 amide bonds. The predicted molar refractivity (Wildman–Crippen MR) is 77.5 cm³/mol. The summed E-state index contributed by atoms with van der Waals surface area (Å²) in [6.45, 7) is 0.682. The zero-order chi connectivity index (χ0) is 14.8. The minimum atomic E-state index is -0.553. The van der Waals surface area contributed by atoms with Gasteiger partial charge in [-0.25, -0.2) is 0 Å². The summed E-state index contributed by atoms with van der Waals surface area (Å²) in [5, 5.41) is 12.1. The molecule has 1 unspecified atom stereocenters. The van der Waals surface area contributed by atoms with Crippen LogP contribution in [-0.4, -0.2) is 44.5 Å².